The molecule has 1 aromatic rings. The third kappa shape index (κ3) is 3.76. The summed E-state index contributed by atoms with van der Waals surface area (Å²) in [5, 5.41) is 3.19. The van der Waals surface area contributed by atoms with E-state index in [1.807, 2.05) is 44.5 Å². The third-order valence-corrected chi connectivity index (χ3v) is 4.42. The molecule has 1 fully saturated rings. The van der Waals surface area contributed by atoms with E-state index in [4.69, 9.17) is 12.2 Å². The van der Waals surface area contributed by atoms with Crippen LogP contribution in [-0.2, 0) is 4.79 Å². The van der Waals surface area contributed by atoms with Crippen LogP contribution in [0.15, 0.2) is 41.3 Å². The highest BCUT2D eigenvalue weighted by atomic mass is 32.2. The van der Waals surface area contributed by atoms with Gasteiger partial charge in [-0.2, -0.15) is 0 Å². The van der Waals surface area contributed by atoms with E-state index >= 15 is 0 Å². The van der Waals surface area contributed by atoms with Gasteiger partial charge in [0.25, 0.3) is 5.91 Å². The maximum Gasteiger partial charge on any atom is 0.280 e. The second kappa shape index (κ2) is 7.09. The van der Waals surface area contributed by atoms with Crippen molar-refractivity contribution in [3.63, 3.8) is 0 Å². The SMILES string of the molecule is CN(C)c1ccc(/C=C/C=C2/SC(=S)N(N(C)C)C2=O)cc1. The molecule has 1 aliphatic rings. The topological polar surface area (TPSA) is 26.8 Å². The Morgan fingerprint density at radius 1 is 1.14 bits per heavy atom. The van der Waals surface area contributed by atoms with Gasteiger partial charge in [0.05, 0.1) is 4.91 Å². The van der Waals surface area contributed by atoms with Gasteiger partial charge < -0.3 is 4.90 Å². The van der Waals surface area contributed by atoms with Crippen LogP contribution in [0.1, 0.15) is 5.56 Å². The molecule has 116 valence electrons. The van der Waals surface area contributed by atoms with E-state index in [2.05, 4.69) is 17.0 Å². The molecule has 1 saturated heterocycles. The number of thioether (sulfide) groups is 1. The molecule has 1 heterocycles. The number of hydrogen-bond acceptors (Lipinski definition) is 5. The zero-order chi connectivity index (χ0) is 16.3. The first-order valence-corrected chi connectivity index (χ1v) is 8.02. The van der Waals surface area contributed by atoms with Gasteiger partial charge in [0, 0.05) is 33.9 Å². The zero-order valence-corrected chi connectivity index (χ0v) is 14.7. The van der Waals surface area contributed by atoms with Gasteiger partial charge in [-0.05, 0) is 23.8 Å². The quantitative estimate of drug-likeness (QED) is 0.624. The summed E-state index contributed by atoms with van der Waals surface area (Å²) in [5.41, 5.74) is 2.24. The van der Waals surface area contributed by atoms with Crippen molar-refractivity contribution in [2.45, 2.75) is 0 Å². The van der Waals surface area contributed by atoms with E-state index in [0.29, 0.717) is 9.23 Å². The molecule has 0 aromatic heterocycles. The summed E-state index contributed by atoms with van der Waals surface area (Å²) in [6.45, 7) is 0. The molecule has 0 saturated carbocycles. The summed E-state index contributed by atoms with van der Waals surface area (Å²) in [4.78, 5) is 14.9. The van der Waals surface area contributed by atoms with Crippen molar-refractivity contribution in [2.24, 2.45) is 0 Å². The van der Waals surface area contributed by atoms with Gasteiger partial charge in [-0.15, -0.1) is 0 Å². The van der Waals surface area contributed by atoms with Gasteiger partial charge in [0.1, 0.15) is 0 Å². The lowest BCUT2D eigenvalue weighted by molar-refractivity contribution is -0.130. The molecule has 4 nitrogen and oxygen atoms in total. The Morgan fingerprint density at radius 2 is 1.77 bits per heavy atom. The molecule has 0 unspecified atom stereocenters. The standard InChI is InChI=1S/C16H19N3OS2/c1-17(2)13-10-8-12(9-11-13)6-5-7-14-15(20)19(18(3)4)16(21)22-14/h5-11H,1-4H3/b6-5+,14-7+. The monoisotopic (exact) mass is 333 g/mol. The fourth-order valence-electron chi connectivity index (χ4n) is 1.95. The van der Waals surface area contributed by atoms with Gasteiger partial charge in [0.15, 0.2) is 4.32 Å². The van der Waals surface area contributed by atoms with Crippen LogP contribution in [0.3, 0.4) is 0 Å². The molecule has 0 spiro atoms. The molecule has 0 bridgehead atoms. The van der Waals surface area contributed by atoms with E-state index in [1.54, 1.807) is 19.1 Å². The van der Waals surface area contributed by atoms with Crippen molar-refractivity contribution in [3.8, 4) is 0 Å². The molecular weight excluding hydrogens is 314 g/mol. The van der Waals surface area contributed by atoms with E-state index in [0.717, 1.165) is 11.3 Å². The number of carbonyl (C=O) groups excluding carboxylic acids is 1. The number of carbonyl (C=O) groups is 1. The molecule has 0 radical (unpaired) electrons. The number of rotatable bonds is 4. The van der Waals surface area contributed by atoms with Crippen molar-refractivity contribution >= 4 is 46.0 Å². The van der Waals surface area contributed by atoms with E-state index in [1.165, 1.54) is 16.8 Å². The van der Waals surface area contributed by atoms with Gasteiger partial charge in [-0.3, -0.25) is 4.79 Å². The maximum absolute atomic E-state index is 12.2. The number of thiocarbonyl (C=S) groups is 1. The highest BCUT2D eigenvalue weighted by Gasteiger charge is 2.33. The van der Waals surface area contributed by atoms with Crippen LogP contribution in [-0.4, -0.2) is 48.4 Å². The van der Waals surface area contributed by atoms with E-state index in [9.17, 15) is 4.79 Å². The molecule has 0 aliphatic carbocycles. The number of amides is 1. The Bertz CT molecular complexity index is 633. The number of nitrogens with zero attached hydrogens (tertiary/aromatic N) is 3. The molecule has 2 rings (SSSR count). The summed E-state index contributed by atoms with van der Waals surface area (Å²) in [6.07, 6.45) is 5.66. The summed E-state index contributed by atoms with van der Waals surface area (Å²) in [5.74, 6) is -0.0763. The molecule has 22 heavy (non-hydrogen) atoms. The van der Waals surface area contributed by atoms with Gasteiger partial charge in [-0.25, -0.2) is 10.0 Å². The van der Waals surface area contributed by atoms with Crippen LogP contribution in [0.25, 0.3) is 6.08 Å². The minimum atomic E-state index is -0.0763. The van der Waals surface area contributed by atoms with E-state index in [-0.39, 0.29) is 5.91 Å². The molecule has 1 amide bonds. The van der Waals surface area contributed by atoms with Gasteiger partial charge in [-0.1, -0.05) is 48.3 Å². The van der Waals surface area contributed by atoms with Crippen molar-refractivity contribution in [3.05, 3.63) is 46.9 Å². The molecule has 0 N–H and O–H groups in total. The average molecular weight is 333 g/mol. The van der Waals surface area contributed by atoms with Crippen molar-refractivity contribution < 1.29 is 4.79 Å². The Balaban J connectivity index is 2.08. The lowest BCUT2D eigenvalue weighted by atomic mass is 10.2. The van der Waals surface area contributed by atoms with Gasteiger partial charge in [0.2, 0.25) is 0 Å². The average Bonchev–Trinajstić information content (AvgIpc) is 2.74. The molecule has 1 aromatic carbocycles. The normalized spacial score (nSPS) is 17.3. The number of hydrogen-bond donors (Lipinski definition) is 0. The third-order valence-electron chi connectivity index (χ3n) is 3.12. The lowest BCUT2D eigenvalue weighted by Gasteiger charge is -2.21. The highest BCUT2D eigenvalue weighted by molar-refractivity contribution is 8.26. The number of anilines is 1. The minimum Gasteiger partial charge on any atom is -0.378 e. The molecular formula is C16H19N3OS2. The maximum atomic E-state index is 12.2. The van der Waals surface area contributed by atoms with Crippen LogP contribution in [0, 0.1) is 0 Å². The molecule has 0 atom stereocenters. The first-order valence-electron chi connectivity index (χ1n) is 6.79. The van der Waals surface area contributed by atoms with Crippen LogP contribution >= 0.6 is 24.0 Å². The van der Waals surface area contributed by atoms with Crippen LogP contribution in [0.2, 0.25) is 0 Å². The van der Waals surface area contributed by atoms with Crippen molar-refractivity contribution in [1.82, 2.24) is 10.0 Å². The van der Waals surface area contributed by atoms with E-state index < -0.39 is 0 Å². The van der Waals surface area contributed by atoms with Crippen molar-refractivity contribution in [1.29, 1.82) is 0 Å². The largest absolute Gasteiger partial charge is 0.378 e. The minimum absolute atomic E-state index is 0.0763. The van der Waals surface area contributed by atoms with Crippen molar-refractivity contribution in [2.75, 3.05) is 33.1 Å². The number of benzene rings is 1. The Labute approximate surface area is 141 Å². The summed E-state index contributed by atoms with van der Waals surface area (Å²) in [6, 6.07) is 8.21. The van der Waals surface area contributed by atoms with Crippen LogP contribution < -0.4 is 4.90 Å². The Kier molecular flexibility index (Phi) is 5.39. The predicted octanol–water partition coefficient (Wildman–Crippen LogP) is 2.99. The second-order valence-corrected chi connectivity index (χ2v) is 6.88. The highest BCUT2D eigenvalue weighted by Crippen LogP contribution is 2.31. The fraction of sp³-hybridized carbons (Fsp3) is 0.250. The Morgan fingerprint density at radius 3 is 2.27 bits per heavy atom. The first-order chi connectivity index (χ1) is 10.4. The second-order valence-electron chi connectivity index (χ2n) is 5.21. The first kappa shape index (κ1) is 16.7. The molecule has 1 aliphatic heterocycles. The lowest BCUT2D eigenvalue weighted by Crippen LogP contribution is -2.39. The Hall–Kier alpha value is -1.63. The smallest absolute Gasteiger partial charge is 0.280 e. The van der Waals surface area contributed by atoms with Crippen LogP contribution in [0.4, 0.5) is 5.69 Å². The number of allylic oxidation sites excluding steroid dienone is 2. The van der Waals surface area contributed by atoms with Gasteiger partial charge >= 0.3 is 0 Å². The zero-order valence-electron chi connectivity index (χ0n) is 13.1. The summed E-state index contributed by atoms with van der Waals surface area (Å²) in [7, 11) is 7.63. The predicted molar refractivity (Wildman–Crippen MR) is 98.6 cm³/mol. The number of hydrazine groups is 1. The fourth-order valence-corrected chi connectivity index (χ4v) is 3.31. The summed E-state index contributed by atoms with van der Waals surface area (Å²) >= 11 is 6.53. The van der Waals surface area contributed by atoms with Crippen LogP contribution in [0.5, 0.6) is 0 Å². The summed E-state index contributed by atoms with van der Waals surface area (Å²) < 4.78 is 0.560. The molecule has 6 heteroatoms.